The van der Waals surface area contributed by atoms with Crippen molar-refractivity contribution in [3.05, 3.63) is 35.4 Å². The minimum atomic E-state index is -0.124. The van der Waals surface area contributed by atoms with Gasteiger partial charge in [-0.3, -0.25) is 9.69 Å². The maximum Gasteiger partial charge on any atom is 0.151 e. The topological polar surface area (TPSA) is 20.3 Å². The number of Topliss-reactive ketones (excluding diaryl/α,β-unsaturated/α-hetero) is 1. The second-order valence-electron chi connectivity index (χ2n) is 4.95. The highest BCUT2D eigenvalue weighted by molar-refractivity contribution is 5.82. The predicted molar refractivity (Wildman–Crippen MR) is 72.3 cm³/mol. The first-order valence-electron chi connectivity index (χ1n) is 6.24. The fourth-order valence-corrected chi connectivity index (χ4v) is 2.14. The van der Waals surface area contributed by atoms with Crippen LogP contribution in [0.15, 0.2) is 24.3 Å². The number of carbonyl (C=O) groups excluding carboxylic acids is 1. The number of likely N-dealkylation sites (N-methyl/N-ethyl adjacent to an activating group) is 1. The first-order chi connectivity index (χ1) is 7.97. The van der Waals surface area contributed by atoms with E-state index in [0.29, 0.717) is 5.92 Å². The molecule has 1 aromatic rings. The molecule has 0 spiro atoms. The number of carbonyl (C=O) groups is 1. The Morgan fingerprint density at radius 2 is 1.65 bits per heavy atom. The van der Waals surface area contributed by atoms with Gasteiger partial charge in [-0.15, -0.1) is 0 Å². The molecule has 2 unspecified atom stereocenters. The molecule has 1 aromatic carbocycles. The normalized spacial score (nSPS) is 14.7. The van der Waals surface area contributed by atoms with Crippen LogP contribution in [-0.4, -0.2) is 24.8 Å². The van der Waals surface area contributed by atoms with E-state index in [1.54, 1.807) is 6.92 Å². The van der Waals surface area contributed by atoms with Gasteiger partial charge in [0, 0.05) is 0 Å². The Morgan fingerprint density at radius 3 is 2.00 bits per heavy atom. The monoisotopic (exact) mass is 233 g/mol. The summed E-state index contributed by atoms with van der Waals surface area (Å²) in [5.41, 5.74) is 2.42. The first kappa shape index (κ1) is 13.9. The Balaban J connectivity index is 2.96. The molecular weight excluding hydrogens is 210 g/mol. The van der Waals surface area contributed by atoms with Gasteiger partial charge in [0.15, 0.2) is 5.78 Å². The Kier molecular flexibility index (Phi) is 4.88. The third-order valence-electron chi connectivity index (χ3n) is 3.34. The Labute approximate surface area is 105 Å². The van der Waals surface area contributed by atoms with Crippen LogP contribution < -0.4 is 0 Å². The molecule has 2 nitrogen and oxygen atoms in total. The lowest BCUT2D eigenvalue weighted by Crippen LogP contribution is -2.25. The Hall–Kier alpha value is -1.15. The van der Waals surface area contributed by atoms with Crippen molar-refractivity contribution < 1.29 is 4.79 Å². The first-order valence-corrected chi connectivity index (χ1v) is 6.24. The summed E-state index contributed by atoms with van der Waals surface area (Å²) in [5, 5.41) is 0. The number of nitrogens with zero attached hydrogens (tertiary/aromatic N) is 1. The van der Waals surface area contributed by atoms with Crippen LogP contribution >= 0.6 is 0 Å². The summed E-state index contributed by atoms with van der Waals surface area (Å²) >= 11 is 0. The fourth-order valence-electron chi connectivity index (χ4n) is 2.14. The molecule has 0 aliphatic heterocycles. The number of hydrogen-bond acceptors (Lipinski definition) is 2. The van der Waals surface area contributed by atoms with Gasteiger partial charge in [-0.2, -0.15) is 0 Å². The zero-order valence-corrected chi connectivity index (χ0v) is 11.5. The van der Waals surface area contributed by atoms with Crippen molar-refractivity contribution in [1.29, 1.82) is 0 Å². The van der Waals surface area contributed by atoms with Crippen LogP contribution in [0.4, 0.5) is 0 Å². The van der Waals surface area contributed by atoms with Gasteiger partial charge < -0.3 is 0 Å². The average Bonchev–Trinajstić information content (AvgIpc) is 2.28. The highest BCUT2D eigenvalue weighted by atomic mass is 16.1. The minimum absolute atomic E-state index is 0.124. The van der Waals surface area contributed by atoms with Crippen LogP contribution in [0.2, 0.25) is 0 Å². The summed E-state index contributed by atoms with van der Waals surface area (Å²) in [5.74, 6) is 0.769. The third kappa shape index (κ3) is 3.40. The van der Waals surface area contributed by atoms with E-state index in [4.69, 9.17) is 0 Å². The molecule has 0 radical (unpaired) electrons. The van der Waals surface area contributed by atoms with E-state index in [1.165, 1.54) is 5.56 Å². The molecule has 0 bridgehead atoms. The fraction of sp³-hybridized carbons (Fsp3) is 0.533. The second-order valence-corrected chi connectivity index (χ2v) is 4.95. The summed E-state index contributed by atoms with van der Waals surface area (Å²) in [7, 11) is 3.88. The van der Waals surface area contributed by atoms with Crippen LogP contribution in [0.25, 0.3) is 0 Å². The molecule has 0 amide bonds. The Morgan fingerprint density at radius 1 is 1.18 bits per heavy atom. The molecule has 0 saturated heterocycles. The SMILES string of the molecule is CCC(C)c1ccc(C(C(C)=O)N(C)C)cc1. The van der Waals surface area contributed by atoms with Crippen molar-refractivity contribution in [3.63, 3.8) is 0 Å². The maximum atomic E-state index is 11.6. The maximum absolute atomic E-state index is 11.6. The van der Waals surface area contributed by atoms with E-state index in [1.807, 2.05) is 19.0 Å². The zero-order valence-electron chi connectivity index (χ0n) is 11.5. The van der Waals surface area contributed by atoms with Crippen LogP contribution in [0.1, 0.15) is 50.3 Å². The van der Waals surface area contributed by atoms with Crippen LogP contribution in [-0.2, 0) is 4.79 Å². The van der Waals surface area contributed by atoms with Gasteiger partial charge in [0.05, 0.1) is 6.04 Å². The number of hydrogen-bond donors (Lipinski definition) is 0. The molecular formula is C15H23NO. The van der Waals surface area contributed by atoms with Crippen molar-refractivity contribution in [3.8, 4) is 0 Å². The number of ketones is 1. The largest absolute Gasteiger partial charge is 0.298 e. The van der Waals surface area contributed by atoms with E-state index in [9.17, 15) is 4.79 Å². The van der Waals surface area contributed by atoms with Gasteiger partial charge in [-0.1, -0.05) is 38.1 Å². The van der Waals surface area contributed by atoms with Crippen molar-refractivity contribution in [2.24, 2.45) is 0 Å². The highest BCUT2D eigenvalue weighted by Gasteiger charge is 2.18. The average molecular weight is 233 g/mol. The zero-order chi connectivity index (χ0) is 13.0. The summed E-state index contributed by atoms with van der Waals surface area (Å²) in [6, 6.07) is 8.31. The predicted octanol–water partition coefficient (Wildman–Crippen LogP) is 3.39. The summed E-state index contributed by atoms with van der Waals surface area (Å²) in [4.78, 5) is 13.6. The van der Waals surface area contributed by atoms with Crippen molar-refractivity contribution >= 4 is 5.78 Å². The third-order valence-corrected chi connectivity index (χ3v) is 3.34. The van der Waals surface area contributed by atoms with Gasteiger partial charge in [-0.05, 0) is 44.5 Å². The van der Waals surface area contributed by atoms with E-state index >= 15 is 0 Å². The lowest BCUT2D eigenvalue weighted by molar-refractivity contribution is -0.121. The Bertz CT molecular complexity index is 367. The van der Waals surface area contributed by atoms with Crippen molar-refractivity contribution in [2.75, 3.05) is 14.1 Å². The standard InChI is InChI=1S/C15H23NO/c1-6-11(2)13-7-9-14(10-8-13)15(12(3)17)16(4)5/h7-11,15H,6H2,1-5H3. The van der Waals surface area contributed by atoms with Crippen LogP contribution in [0, 0.1) is 0 Å². The molecule has 0 heterocycles. The van der Waals surface area contributed by atoms with Crippen LogP contribution in [0.3, 0.4) is 0 Å². The highest BCUT2D eigenvalue weighted by Crippen LogP contribution is 2.23. The van der Waals surface area contributed by atoms with Gasteiger partial charge in [0.2, 0.25) is 0 Å². The van der Waals surface area contributed by atoms with E-state index in [2.05, 4.69) is 38.1 Å². The minimum Gasteiger partial charge on any atom is -0.298 e. The van der Waals surface area contributed by atoms with Gasteiger partial charge >= 0.3 is 0 Å². The van der Waals surface area contributed by atoms with Gasteiger partial charge in [0.1, 0.15) is 0 Å². The molecule has 0 aliphatic rings. The second kappa shape index (κ2) is 5.97. The molecule has 17 heavy (non-hydrogen) atoms. The van der Waals surface area contributed by atoms with E-state index in [-0.39, 0.29) is 11.8 Å². The van der Waals surface area contributed by atoms with E-state index in [0.717, 1.165) is 12.0 Å². The molecule has 0 aliphatic carbocycles. The molecule has 0 saturated carbocycles. The summed E-state index contributed by atoms with van der Waals surface area (Å²) in [6.07, 6.45) is 1.14. The molecule has 1 rings (SSSR count). The molecule has 0 aromatic heterocycles. The smallest absolute Gasteiger partial charge is 0.151 e. The molecule has 2 atom stereocenters. The number of benzene rings is 1. The summed E-state index contributed by atoms with van der Waals surface area (Å²) in [6.45, 7) is 6.06. The quantitative estimate of drug-likeness (QED) is 0.777. The van der Waals surface area contributed by atoms with E-state index < -0.39 is 0 Å². The van der Waals surface area contributed by atoms with Crippen molar-refractivity contribution in [2.45, 2.75) is 39.2 Å². The lowest BCUT2D eigenvalue weighted by atomic mass is 9.95. The van der Waals surface area contributed by atoms with Crippen LogP contribution in [0.5, 0.6) is 0 Å². The molecule has 94 valence electrons. The molecule has 0 N–H and O–H groups in total. The van der Waals surface area contributed by atoms with Gasteiger partial charge in [-0.25, -0.2) is 0 Å². The molecule has 0 fully saturated rings. The van der Waals surface area contributed by atoms with Crippen molar-refractivity contribution in [1.82, 2.24) is 4.90 Å². The lowest BCUT2D eigenvalue weighted by Gasteiger charge is -2.22. The summed E-state index contributed by atoms with van der Waals surface area (Å²) < 4.78 is 0. The van der Waals surface area contributed by atoms with Gasteiger partial charge in [0.25, 0.3) is 0 Å². The molecule has 2 heteroatoms. The number of rotatable bonds is 5.